The second-order valence-electron chi connectivity index (χ2n) is 7.03. The molecule has 0 aromatic carbocycles. The smallest absolute Gasteiger partial charge is 0.263 e. The molecule has 26 heavy (non-hydrogen) atoms. The lowest BCUT2D eigenvalue weighted by atomic mass is 9.89. The highest BCUT2D eigenvalue weighted by molar-refractivity contribution is 7.99. The van der Waals surface area contributed by atoms with E-state index in [9.17, 15) is 4.79 Å². The summed E-state index contributed by atoms with van der Waals surface area (Å²) in [5.41, 5.74) is 2.66. The molecular weight excluding hydrogens is 364 g/mol. The van der Waals surface area contributed by atoms with Crippen LogP contribution in [0.2, 0.25) is 0 Å². The summed E-state index contributed by atoms with van der Waals surface area (Å²) in [6, 6.07) is 0. The molecule has 4 rings (SSSR count). The Kier molecular flexibility index (Phi) is 5.18. The van der Waals surface area contributed by atoms with Crippen LogP contribution in [0, 0.1) is 5.92 Å². The summed E-state index contributed by atoms with van der Waals surface area (Å²) in [7, 11) is 0. The van der Waals surface area contributed by atoms with Gasteiger partial charge in [-0.15, -0.1) is 11.3 Å². The summed E-state index contributed by atoms with van der Waals surface area (Å²) >= 11 is 3.43. The number of H-pyrrole nitrogens is 1. The van der Waals surface area contributed by atoms with E-state index in [1.165, 1.54) is 22.4 Å². The maximum atomic E-state index is 13.1. The normalized spacial score (nSPS) is 16.9. The van der Waals surface area contributed by atoms with E-state index in [-0.39, 0.29) is 5.56 Å². The minimum Gasteiger partial charge on any atom is -0.287 e. The van der Waals surface area contributed by atoms with Crippen LogP contribution < -0.4 is 5.56 Å². The van der Waals surface area contributed by atoms with Crippen LogP contribution in [0.15, 0.2) is 22.3 Å². The minimum absolute atomic E-state index is 0.155. The van der Waals surface area contributed by atoms with Gasteiger partial charge in [0.05, 0.1) is 11.6 Å². The first kappa shape index (κ1) is 17.8. The first-order valence-corrected chi connectivity index (χ1v) is 11.1. The van der Waals surface area contributed by atoms with Crippen molar-refractivity contribution in [3.63, 3.8) is 0 Å². The lowest BCUT2D eigenvalue weighted by molar-refractivity contribution is 0.509. The van der Waals surface area contributed by atoms with Crippen molar-refractivity contribution in [1.29, 1.82) is 0 Å². The zero-order chi connectivity index (χ0) is 18.1. The van der Waals surface area contributed by atoms with Crippen molar-refractivity contribution in [2.75, 3.05) is 5.75 Å². The van der Waals surface area contributed by atoms with Crippen LogP contribution in [0.4, 0.5) is 0 Å². The van der Waals surface area contributed by atoms with Gasteiger partial charge in [0.15, 0.2) is 5.16 Å². The van der Waals surface area contributed by atoms with Crippen LogP contribution in [-0.2, 0) is 25.8 Å². The summed E-state index contributed by atoms with van der Waals surface area (Å²) in [5.74, 6) is 1.66. The molecule has 5 nitrogen and oxygen atoms in total. The lowest BCUT2D eigenvalue weighted by Gasteiger charge is -2.17. The summed E-state index contributed by atoms with van der Waals surface area (Å²) in [5, 5.41) is 8.58. The molecule has 3 heterocycles. The standard InChI is InChI=1S/C19H24N4OS2/c1-3-23-18(24)16-14-7-6-12(2)9-15(14)26-17(16)22-19(23)25-8-4-5-13-10-20-21-11-13/h10-12H,3-9H2,1-2H3,(H,20,21). The number of aromatic amines is 1. The molecule has 1 aliphatic rings. The zero-order valence-corrected chi connectivity index (χ0v) is 16.9. The Balaban J connectivity index is 1.59. The average molecular weight is 389 g/mol. The Hall–Kier alpha value is -1.60. The molecule has 0 saturated heterocycles. The molecular formula is C19H24N4OS2. The molecule has 0 amide bonds. The van der Waals surface area contributed by atoms with Crippen molar-refractivity contribution in [3.05, 3.63) is 38.8 Å². The SMILES string of the molecule is CCn1c(SCCCc2cn[nH]c2)nc2sc3c(c2c1=O)CCC(C)C3. The number of aromatic nitrogens is 4. The van der Waals surface area contributed by atoms with Crippen molar-refractivity contribution in [3.8, 4) is 0 Å². The van der Waals surface area contributed by atoms with Crippen LogP contribution in [0.1, 0.15) is 42.7 Å². The molecule has 7 heteroatoms. The lowest BCUT2D eigenvalue weighted by Crippen LogP contribution is -2.23. The second-order valence-corrected chi connectivity index (χ2v) is 9.18. The third-order valence-corrected chi connectivity index (χ3v) is 7.30. The summed E-state index contributed by atoms with van der Waals surface area (Å²) < 4.78 is 1.86. The fourth-order valence-corrected chi connectivity index (χ4v) is 6.07. The Bertz CT molecular complexity index is 958. The van der Waals surface area contributed by atoms with Gasteiger partial charge >= 0.3 is 0 Å². The number of fused-ring (bicyclic) bond motifs is 3. The number of rotatable bonds is 6. The molecule has 1 N–H and O–H groups in total. The third kappa shape index (κ3) is 3.34. The summed E-state index contributed by atoms with van der Waals surface area (Å²) in [6.07, 6.45) is 9.13. The van der Waals surface area contributed by atoms with Gasteiger partial charge in [0, 0.05) is 23.4 Å². The maximum Gasteiger partial charge on any atom is 0.263 e. The number of nitrogens with zero attached hydrogens (tertiary/aromatic N) is 3. The van der Waals surface area contributed by atoms with Crippen molar-refractivity contribution in [2.45, 2.75) is 57.7 Å². The van der Waals surface area contributed by atoms with Crippen molar-refractivity contribution in [2.24, 2.45) is 5.92 Å². The average Bonchev–Trinajstić information content (AvgIpc) is 3.25. The van der Waals surface area contributed by atoms with Gasteiger partial charge in [-0.25, -0.2) is 4.98 Å². The highest BCUT2D eigenvalue weighted by Crippen LogP contribution is 2.36. The molecule has 1 unspecified atom stereocenters. The summed E-state index contributed by atoms with van der Waals surface area (Å²) in [4.78, 5) is 20.3. The molecule has 1 atom stereocenters. The van der Waals surface area contributed by atoms with E-state index in [0.29, 0.717) is 12.5 Å². The van der Waals surface area contributed by atoms with Gasteiger partial charge < -0.3 is 0 Å². The van der Waals surface area contributed by atoms with Crippen molar-refractivity contribution < 1.29 is 0 Å². The minimum atomic E-state index is 0.155. The maximum absolute atomic E-state index is 13.1. The Morgan fingerprint density at radius 3 is 3.12 bits per heavy atom. The van der Waals surface area contributed by atoms with Crippen molar-refractivity contribution >= 4 is 33.3 Å². The predicted octanol–water partition coefficient (Wildman–Crippen LogP) is 4.05. The highest BCUT2D eigenvalue weighted by atomic mass is 32.2. The van der Waals surface area contributed by atoms with Gasteiger partial charge in [0.2, 0.25) is 0 Å². The largest absolute Gasteiger partial charge is 0.287 e. The van der Waals surface area contributed by atoms with E-state index >= 15 is 0 Å². The van der Waals surface area contributed by atoms with Gasteiger partial charge in [0.1, 0.15) is 4.83 Å². The monoisotopic (exact) mass is 388 g/mol. The van der Waals surface area contributed by atoms with E-state index in [2.05, 4.69) is 17.1 Å². The molecule has 0 spiro atoms. The number of aryl methyl sites for hydroxylation is 2. The van der Waals surface area contributed by atoms with Gasteiger partial charge in [-0.1, -0.05) is 18.7 Å². The fraction of sp³-hybridized carbons (Fsp3) is 0.526. The quantitative estimate of drug-likeness (QED) is 0.393. The topological polar surface area (TPSA) is 63.6 Å². The number of thioether (sulfide) groups is 1. The van der Waals surface area contributed by atoms with E-state index in [0.717, 1.165) is 46.8 Å². The molecule has 3 aromatic rings. The predicted molar refractivity (Wildman–Crippen MR) is 108 cm³/mol. The second kappa shape index (κ2) is 7.56. The third-order valence-electron chi connectivity index (χ3n) is 5.09. The van der Waals surface area contributed by atoms with Crippen LogP contribution in [0.25, 0.3) is 10.2 Å². The van der Waals surface area contributed by atoms with E-state index < -0.39 is 0 Å². The van der Waals surface area contributed by atoms with Gasteiger partial charge in [-0.3, -0.25) is 14.5 Å². The Morgan fingerprint density at radius 2 is 2.35 bits per heavy atom. The van der Waals surface area contributed by atoms with E-state index in [4.69, 9.17) is 4.98 Å². The van der Waals surface area contributed by atoms with E-state index in [1.54, 1.807) is 23.1 Å². The Labute approximate surface area is 161 Å². The van der Waals surface area contributed by atoms with Gasteiger partial charge in [-0.2, -0.15) is 5.10 Å². The first-order chi connectivity index (χ1) is 12.7. The molecule has 3 aromatic heterocycles. The van der Waals surface area contributed by atoms with Crippen molar-refractivity contribution in [1.82, 2.24) is 19.7 Å². The summed E-state index contributed by atoms with van der Waals surface area (Å²) in [6.45, 7) is 5.00. The zero-order valence-electron chi connectivity index (χ0n) is 15.2. The number of thiophene rings is 1. The van der Waals surface area contributed by atoms with E-state index in [1.807, 2.05) is 23.9 Å². The number of hydrogen-bond donors (Lipinski definition) is 1. The molecule has 138 valence electrons. The first-order valence-electron chi connectivity index (χ1n) is 9.33. The Morgan fingerprint density at radius 1 is 1.46 bits per heavy atom. The van der Waals surface area contributed by atoms with Crippen LogP contribution >= 0.6 is 23.1 Å². The molecule has 1 aliphatic carbocycles. The van der Waals surface area contributed by atoms with Gasteiger partial charge in [0.25, 0.3) is 5.56 Å². The fourth-order valence-electron chi connectivity index (χ4n) is 3.65. The number of hydrogen-bond acceptors (Lipinski definition) is 5. The molecule has 0 fully saturated rings. The number of nitrogens with one attached hydrogen (secondary N) is 1. The molecule has 0 saturated carbocycles. The van der Waals surface area contributed by atoms with Crippen LogP contribution in [0.3, 0.4) is 0 Å². The molecule has 0 bridgehead atoms. The van der Waals surface area contributed by atoms with Gasteiger partial charge in [-0.05, 0) is 56.1 Å². The van der Waals surface area contributed by atoms with Crippen LogP contribution in [0.5, 0.6) is 0 Å². The molecule has 0 radical (unpaired) electrons. The molecule has 0 aliphatic heterocycles. The highest BCUT2D eigenvalue weighted by Gasteiger charge is 2.24. The van der Waals surface area contributed by atoms with Crippen LogP contribution in [-0.4, -0.2) is 25.5 Å².